The van der Waals surface area contributed by atoms with Gasteiger partial charge in [0.15, 0.2) is 0 Å². The highest BCUT2D eigenvalue weighted by Gasteiger charge is 2.14. The van der Waals surface area contributed by atoms with E-state index in [1.807, 2.05) is 67.0 Å². The minimum atomic E-state index is 0.205. The Morgan fingerprint density at radius 1 is 1.07 bits per heavy atom. The number of nitrogens with zero attached hydrogens (tertiary/aromatic N) is 3. The van der Waals surface area contributed by atoms with Crippen molar-refractivity contribution in [2.45, 2.75) is 6.61 Å². The molecule has 3 N–H and O–H groups in total. The molecule has 3 aromatic heterocycles. The number of nitrogen functional groups attached to an aromatic ring is 1. The summed E-state index contributed by atoms with van der Waals surface area (Å²) < 4.78 is 5.86. The number of aromatic nitrogens is 3. The SMILES string of the molecule is N#Cc1c(-c2cccc(OCc3ccccn3)c2)cc(-c2cc[nH]c2)nc1N. The summed E-state index contributed by atoms with van der Waals surface area (Å²) in [5.41, 5.74) is 10.4. The van der Waals surface area contributed by atoms with Crippen molar-refractivity contribution in [1.82, 2.24) is 15.0 Å². The molecule has 1 aromatic carbocycles. The zero-order valence-corrected chi connectivity index (χ0v) is 15.0. The van der Waals surface area contributed by atoms with Crippen LogP contribution in [0.5, 0.6) is 5.75 Å². The van der Waals surface area contributed by atoms with Gasteiger partial charge < -0.3 is 15.5 Å². The van der Waals surface area contributed by atoms with E-state index in [1.165, 1.54) is 0 Å². The monoisotopic (exact) mass is 367 g/mol. The normalized spacial score (nSPS) is 10.4. The van der Waals surface area contributed by atoms with Gasteiger partial charge in [-0.3, -0.25) is 4.98 Å². The average molecular weight is 367 g/mol. The molecule has 0 bridgehead atoms. The van der Waals surface area contributed by atoms with Crippen LogP contribution in [0, 0.1) is 11.3 Å². The summed E-state index contributed by atoms with van der Waals surface area (Å²) in [5.74, 6) is 0.890. The molecular formula is C22H17N5O. The fourth-order valence-corrected chi connectivity index (χ4v) is 2.94. The summed E-state index contributed by atoms with van der Waals surface area (Å²) in [7, 11) is 0. The van der Waals surface area contributed by atoms with Crippen LogP contribution in [0.2, 0.25) is 0 Å². The molecular weight excluding hydrogens is 350 g/mol. The molecule has 0 radical (unpaired) electrons. The molecule has 0 fully saturated rings. The van der Waals surface area contributed by atoms with Crippen molar-refractivity contribution in [3.63, 3.8) is 0 Å². The first kappa shape index (κ1) is 17.3. The molecule has 28 heavy (non-hydrogen) atoms. The van der Waals surface area contributed by atoms with Gasteiger partial charge in [-0.1, -0.05) is 18.2 Å². The van der Waals surface area contributed by atoms with Gasteiger partial charge in [-0.2, -0.15) is 5.26 Å². The molecule has 0 aliphatic carbocycles. The molecule has 4 aromatic rings. The summed E-state index contributed by atoms with van der Waals surface area (Å²) in [4.78, 5) is 11.6. The number of rotatable bonds is 5. The Morgan fingerprint density at radius 3 is 2.75 bits per heavy atom. The lowest BCUT2D eigenvalue weighted by molar-refractivity contribution is 0.301. The van der Waals surface area contributed by atoms with Crippen LogP contribution in [0.4, 0.5) is 5.82 Å². The topological polar surface area (TPSA) is 101 Å². The van der Waals surface area contributed by atoms with Gasteiger partial charge in [0.05, 0.1) is 11.4 Å². The number of aromatic amines is 1. The van der Waals surface area contributed by atoms with E-state index < -0.39 is 0 Å². The molecule has 0 saturated heterocycles. The van der Waals surface area contributed by atoms with Gasteiger partial charge in [0.1, 0.15) is 29.8 Å². The minimum Gasteiger partial charge on any atom is -0.487 e. The van der Waals surface area contributed by atoms with Crippen LogP contribution < -0.4 is 10.5 Å². The fraction of sp³-hybridized carbons (Fsp3) is 0.0455. The first-order chi connectivity index (χ1) is 13.7. The molecule has 0 aliphatic rings. The summed E-state index contributed by atoms with van der Waals surface area (Å²) in [6.07, 6.45) is 5.39. The first-order valence-corrected chi connectivity index (χ1v) is 8.71. The predicted octanol–water partition coefficient (Wildman–Crippen LogP) is 4.17. The number of anilines is 1. The molecule has 6 heteroatoms. The highest BCUT2D eigenvalue weighted by atomic mass is 16.5. The number of nitrogens with one attached hydrogen (secondary N) is 1. The van der Waals surface area contributed by atoms with Crippen molar-refractivity contribution in [2.75, 3.05) is 5.73 Å². The second-order valence-corrected chi connectivity index (χ2v) is 6.16. The third-order valence-electron chi connectivity index (χ3n) is 4.31. The van der Waals surface area contributed by atoms with Gasteiger partial charge in [0, 0.05) is 29.7 Å². The average Bonchev–Trinajstić information content (AvgIpc) is 3.28. The maximum Gasteiger partial charge on any atom is 0.142 e. The van der Waals surface area contributed by atoms with Crippen molar-refractivity contribution in [2.24, 2.45) is 0 Å². The molecule has 0 spiro atoms. The van der Waals surface area contributed by atoms with Gasteiger partial charge in [-0.15, -0.1) is 0 Å². The Bertz CT molecular complexity index is 1130. The molecule has 4 rings (SSSR count). The van der Waals surface area contributed by atoms with Crippen LogP contribution >= 0.6 is 0 Å². The maximum absolute atomic E-state index is 9.59. The highest BCUT2D eigenvalue weighted by molar-refractivity contribution is 5.80. The number of nitriles is 1. The van der Waals surface area contributed by atoms with E-state index in [1.54, 1.807) is 6.20 Å². The zero-order valence-electron chi connectivity index (χ0n) is 15.0. The number of pyridine rings is 2. The van der Waals surface area contributed by atoms with Crippen LogP contribution in [0.1, 0.15) is 11.3 Å². The number of hydrogen-bond donors (Lipinski definition) is 2. The molecule has 0 aliphatic heterocycles. The second kappa shape index (κ2) is 7.64. The van der Waals surface area contributed by atoms with Crippen molar-refractivity contribution < 1.29 is 4.74 Å². The summed E-state index contributed by atoms with van der Waals surface area (Å²) in [6.45, 7) is 0.364. The molecule has 0 amide bonds. The molecule has 0 atom stereocenters. The van der Waals surface area contributed by atoms with Crippen LogP contribution in [0.3, 0.4) is 0 Å². The molecule has 3 heterocycles. The number of hydrogen-bond acceptors (Lipinski definition) is 5. The predicted molar refractivity (Wildman–Crippen MR) is 107 cm³/mol. The number of nitrogens with two attached hydrogens (primary N) is 1. The van der Waals surface area contributed by atoms with E-state index in [0.29, 0.717) is 23.6 Å². The van der Waals surface area contributed by atoms with E-state index in [9.17, 15) is 5.26 Å². The van der Waals surface area contributed by atoms with Crippen LogP contribution in [0.25, 0.3) is 22.4 Å². The van der Waals surface area contributed by atoms with Crippen molar-refractivity contribution in [3.8, 4) is 34.2 Å². The van der Waals surface area contributed by atoms with E-state index in [0.717, 1.165) is 22.4 Å². The summed E-state index contributed by atoms with van der Waals surface area (Å²) in [5, 5.41) is 9.59. The van der Waals surface area contributed by atoms with Crippen molar-refractivity contribution in [1.29, 1.82) is 5.26 Å². The van der Waals surface area contributed by atoms with Crippen LogP contribution in [0.15, 0.2) is 73.2 Å². The maximum atomic E-state index is 9.59. The zero-order chi connectivity index (χ0) is 19.3. The Kier molecular flexibility index (Phi) is 4.72. The van der Waals surface area contributed by atoms with E-state index in [-0.39, 0.29) is 5.82 Å². The lowest BCUT2D eigenvalue weighted by atomic mass is 9.99. The number of benzene rings is 1. The second-order valence-electron chi connectivity index (χ2n) is 6.16. The third-order valence-corrected chi connectivity index (χ3v) is 4.31. The molecule has 0 unspecified atom stereocenters. The highest BCUT2D eigenvalue weighted by Crippen LogP contribution is 2.32. The van der Waals surface area contributed by atoms with Gasteiger partial charge >= 0.3 is 0 Å². The molecule has 0 saturated carbocycles. The lowest BCUT2D eigenvalue weighted by Crippen LogP contribution is -2.00. The van der Waals surface area contributed by atoms with E-state index in [2.05, 4.69) is 21.0 Å². The quantitative estimate of drug-likeness (QED) is 0.551. The van der Waals surface area contributed by atoms with Crippen LogP contribution in [-0.2, 0) is 6.61 Å². The third kappa shape index (κ3) is 3.55. The van der Waals surface area contributed by atoms with Gasteiger partial charge in [0.25, 0.3) is 0 Å². The van der Waals surface area contributed by atoms with E-state index >= 15 is 0 Å². The largest absolute Gasteiger partial charge is 0.487 e. The summed E-state index contributed by atoms with van der Waals surface area (Å²) in [6, 6.07) is 19.2. The standard InChI is InChI=1S/C22H17N5O/c23-12-20-19(11-21(27-22(20)24)16-7-9-25-13-16)15-4-3-6-18(10-15)28-14-17-5-1-2-8-26-17/h1-11,13,25H,14H2,(H2,24,27). The van der Waals surface area contributed by atoms with Gasteiger partial charge in [-0.25, -0.2) is 4.98 Å². The van der Waals surface area contributed by atoms with Crippen molar-refractivity contribution >= 4 is 5.82 Å². The summed E-state index contributed by atoms with van der Waals surface area (Å²) >= 11 is 0. The Morgan fingerprint density at radius 2 is 2.00 bits per heavy atom. The minimum absolute atomic E-state index is 0.205. The lowest BCUT2D eigenvalue weighted by Gasteiger charge is -2.11. The Balaban J connectivity index is 1.69. The van der Waals surface area contributed by atoms with Gasteiger partial charge in [-0.05, 0) is 42.0 Å². The number of ether oxygens (including phenoxy) is 1. The van der Waals surface area contributed by atoms with Crippen molar-refractivity contribution in [3.05, 3.63) is 84.4 Å². The van der Waals surface area contributed by atoms with Gasteiger partial charge in [0.2, 0.25) is 0 Å². The Hall–Kier alpha value is -4.11. The Labute approximate surface area is 162 Å². The fourth-order valence-electron chi connectivity index (χ4n) is 2.94. The smallest absolute Gasteiger partial charge is 0.142 e. The van der Waals surface area contributed by atoms with Crippen LogP contribution in [-0.4, -0.2) is 15.0 Å². The first-order valence-electron chi connectivity index (χ1n) is 8.71. The molecule has 136 valence electrons. The number of H-pyrrole nitrogens is 1. The van der Waals surface area contributed by atoms with E-state index in [4.69, 9.17) is 10.5 Å². The molecule has 6 nitrogen and oxygen atoms in total.